The van der Waals surface area contributed by atoms with E-state index < -0.39 is 0 Å². The summed E-state index contributed by atoms with van der Waals surface area (Å²) in [7, 11) is 0. The van der Waals surface area contributed by atoms with Crippen LogP contribution in [0.4, 0.5) is 0 Å². The third-order valence-corrected chi connectivity index (χ3v) is 3.76. The standard InChI is InChI=1S/C19H18O3/c1-2-3-10-17-18(15-9-4-5-11-16(15)22-17)19(21)13-7-6-8-14(20)12-13/h4-9,11-12,20H,2-3,10H2,1H3. The molecule has 0 aliphatic heterocycles. The number of hydrogen-bond donors (Lipinski definition) is 1. The Labute approximate surface area is 129 Å². The normalized spacial score (nSPS) is 11.0. The molecule has 0 saturated heterocycles. The summed E-state index contributed by atoms with van der Waals surface area (Å²) in [5.74, 6) is 0.720. The second-order valence-electron chi connectivity index (χ2n) is 5.38. The topological polar surface area (TPSA) is 50.4 Å². The predicted molar refractivity (Wildman–Crippen MR) is 86.4 cm³/mol. The number of phenolic OH excluding ortho intramolecular Hbond substituents is 1. The number of phenols is 1. The van der Waals surface area contributed by atoms with E-state index in [0.717, 1.165) is 36.0 Å². The minimum absolute atomic E-state index is 0.0914. The maximum Gasteiger partial charge on any atom is 0.197 e. The smallest absolute Gasteiger partial charge is 0.197 e. The van der Waals surface area contributed by atoms with Crippen LogP contribution in [0.3, 0.4) is 0 Å². The highest BCUT2D eigenvalue weighted by Gasteiger charge is 2.21. The molecule has 22 heavy (non-hydrogen) atoms. The number of carbonyl (C=O) groups excluding carboxylic acids is 1. The Bertz CT molecular complexity index is 814. The number of unbranched alkanes of at least 4 members (excludes halogenated alkanes) is 1. The Morgan fingerprint density at radius 3 is 2.73 bits per heavy atom. The highest BCUT2D eigenvalue weighted by molar-refractivity contribution is 6.17. The van der Waals surface area contributed by atoms with Crippen LogP contribution in [-0.2, 0) is 6.42 Å². The van der Waals surface area contributed by atoms with Crippen LogP contribution in [-0.4, -0.2) is 10.9 Å². The van der Waals surface area contributed by atoms with Gasteiger partial charge in [0.25, 0.3) is 0 Å². The number of benzene rings is 2. The minimum atomic E-state index is -0.105. The lowest BCUT2D eigenvalue weighted by Gasteiger charge is -2.03. The second-order valence-corrected chi connectivity index (χ2v) is 5.38. The monoisotopic (exact) mass is 294 g/mol. The van der Waals surface area contributed by atoms with Crippen molar-refractivity contribution in [3.05, 3.63) is 65.4 Å². The lowest BCUT2D eigenvalue weighted by Crippen LogP contribution is -2.03. The number of furan rings is 1. The van der Waals surface area contributed by atoms with E-state index in [9.17, 15) is 9.90 Å². The molecule has 0 radical (unpaired) electrons. The van der Waals surface area contributed by atoms with Crippen LogP contribution in [0.5, 0.6) is 5.75 Å². The average Bonchev–Trinajstić information content (AvgIpc) is 2.90. The summed E-state index contributed by atoms with van der Waals surface area (Å²) in [5, 5.41) is 10.4. The van der Waals surface area contributed by atoms with Gasteiger partial charge in [-0.3, -0.25) is 4.79 Å². The van der Waals surface area contributed by atoms with E-state index in [4.69, 9.17) is 4.42 Å². The fraction of sp³-hybridized carbons (Fsp3) is 0.211. The molecule has 0 unspecified atom stereocenters. The van der Waals surface area contributed by atoms with E-state index in [1.165, 1.54) is 6.07 Å². The van der Waals surface area contributed by atoms with Gasteiger partial charge in [-0.1, -0.05) is 43.7 Å². The van der Waals surface area contributed by atoms with Gasteiger partial charge in [-0.15, -0.1) is 0 Å². The summed E-state index contributed by atoms with van der Waals surface area (Å²) in [6.07, 6.45) is 2.75. The first kappa shape index (κ1) is 14.4. The number of ketones is 1. The number of hydrogen-bond acceptors (Lipinski definition) is 3. The maximum absolute atomic E-state index is 12.9. The summed E-state index contributed by atoms with van der Waals surface area (Å²) in [6, 6.07) is 14.0. The van der Waals surface area contributed by atoms with Crippen LogP contribution in [0.1, 0.15) is 41.4 Å². The third-order valence-electron chi connectivity index (χ3n) is 3.76. The molecule has 1 N–H and O–H groups in total. The van der Waals surface area contributed by atoms with Gasteiger partial charge in [-0.2, -0.15) is 0 Å². The van der Waals surface area contributed by atoms with Gasteiger partial charge in [0.2, 0.25) is 0 Å². The average molecular weight is 294 g/mol. The third kappa shape index (κ3) is 2.62. The van der Waals surface area contributed by atoms with Crippen molar-refractivity contribution in [2.45, 2.75) is 26.2 Å². The van der Waals surface area contributed by atoms with Crippen LogP contribution in [0, 0.1) is 0 Å². The fourth-order valence-electron chi connectivity index (χ4n) is 2.65. The highest BCUT2D eigenvalue weighted by atomic mass is 16.3. The molecule has 3 heteroatoms. The molecule has 0 atom stereocenters. The summed E-state index contributed by atoms with van der Waals surface area (Å²) in [4.78, 5) is 12.9. The quantitative estimate of drug-likeness (QED) is 0.693. The van der Waals surface area contributed by atoms with Crippen molar-refractivity contribution < 1.29 is 14.3 Å². The van der Waals surface area contributed by atoms with Crippen LogP contribution in [0.15, 0.2) is 52.9 Å². The van der Waals surface area contributed by atoms with E-state index >= 15 is 0 Å². The Morgan fingerprint density at radius 1 is 1.14 bits per heavy atom. The summed E-state index contributed by atoms with van der Waals surface area (Å²) >= 11 is 0. The maximum atomic E-state index is 12.9. The van der Waals surface area contributed by atoms with E-state index in [-0.39, 0.29) is 11.5 Å². The molecule has 1 aromatic heterocycles. The number of para-hydroxylation sites is 1. The van der Waals surface area contributed by atoms with Gasteiger partial charge in [0.15, 0.2) is 5.78 Å². The Hall–Kier alpha value is -2.55. The first-order valence-electron chi connectivity index (χ1n) is 7.55. The minimum Gasteiger partial charge on any atom is -0.508 e. The number of aromatic hydroxyl groups is 1. The number of carbonyl (C=O) groups is 1. The van der Waals surface area contributed by atoms with Gasteiger partial charge in [-0.05, 0) is 24.6 Å². The molecule has 3 aromatic rings. The van der Waals surface area contributed by atoms with Gasteiger partial charge >= 0.3 is 0 Å². The first-order valence-corrected chi connectivity index (χ1v) is 7.55. The Kier molecular flexibility index (Phi) is 3.96. The van der Waals surface area contributed by atoms with Crippen LogP contribution in [0.2, 0.25) is 0 Å². The molecule has 0 saturated carbocycles. The number of rotatable bonds is 5. The van der Waals surface area contributed by atoms with Crippen molar-refractivity contribution in [1.29, 1.82) is 0 Å². The van der Waals surface area contributed by atoms with Crippen molar-refractivity contribution >= 4 is 16.8 Å². The molecule has 0 amide bonds. The van der Waals surface area contributed by atoms with Crippen LogP contribution in [0.25, 0.3) is 11.0 Å². The zero-order valence-electron chi connectivity index (χ0n) is 12.5. The van der Waals surface area contributed by atoms with Gasteiger partial charge in [-0.25, -0.2) is 0 Å². The molecule has 3 rings (SSSR count). The molecule has 0 aliphatic carbocycles. The van der Waals surface area contributed by atoms with Crippen molar-refractivity contribution in [2.75, 3.05) is 0 Å². The Balaban J connectivity index is 2.13. The van der Waals surface area contributed by atoms with Crippen molar-refractivity contribution in [2.24, 2.45) is 0 Å². The van der Waals surface area contributed by atoms with Crippen LogP contribution >= 0.6 is 0 Å². The molecule has 2 aromatic carbocycles. The van der Waals surface area contributed by atoms with Crippen molar-refractivity contribution in [3.8, 4) is 5.75 Å². The largest absolute Gasteiger partial charge is 0.508 e. The van der Waals surface area contributed by atoms with Crippen LogP contribution < -0.4 is 0 Å². The van der Waals surface area contributed by atoms with Gasteiger partial charge < -0.3 is 9.52 Å². The van der Waals surface area contributed by atoms with E-state index in [1.54, 1.807) is 18.2 Å². The lowest BCUT2D eigenvalue weighted by atomic mass is 9.98. The molecule has 0 spiro atoms. The van der Waals surface area contributed by atoms with Gasteiger partial charge in [0, 0.05) is 17.4 Å². The van der Waals surface area contributed by atoms with E-state index in [1.807, 2.05) is 24.3 Å². The molecule has 3 nitrogen and oxygen atoms in total. The number of aryl methyl sites for hydroxylation is 1. The zero-order chi connectivity index (χ0) is 15.5. The first-order chi connectivity index (χ1) is 10.7. The molecule has 0 fully saturated rings. The zero-order valence-corrected chi connectivity index (χ0v) is 12.5. The van der Waals surface area contributed by atoms with E-state index in [0.29, 0.717) is 11.1 Å². The van der Waals surface area contributed by atoms with Gasteiger partial charge in [0.1, 0.15) is 17.1 Å². The number of fused-ring (bicyclic) bond motifs is 1. The SMILES string of the molecule is CCCCc1oc2ccccc2c1C(=O)c1cccc(O)c1. The molecular formula is C19H18O3. The van der Waals surface area contributed by atoms with Crippen molar-refractivity contribution in [1.82, 2.24) is 0 Å². The molecule has 0 bridgehead atoms. The van der Waals surface area contributed by atoms with Gasteiger partial charge in [0.05, 0.1) is 5.56 Å². The molecule has 0 aliphatic rings. The summed E-state index contributed by atoms with van der Waals surface area (Å²) in [5.41, 5.74) is 1.83. The molecular weight excluding hydrogens is 276 g/mol. The highest BCUT2D eigenvalue weighted by Crippen LogP contribution is 2.29. The molecule has 112 valence electrons. The van der Waals surface area contributed by atoms with Crippen molar-refractivity contribution in [3.63, 3.8) is 0 Å². The molecule has 1 heterocycles. The fourth-order valence-corrected chi connectivity index (χ4v) is 2.65. The van der Waals surface area contributed by atoms with E-state index in [2.05, 4.69) is 6.92 Å². The summed E-state index contributed by atoms with van der Waals surface area (Å²) in [6.45, 7) is 2.11. The predicted octanol–water partition coefficient (Wildman–Crippen LogP) is 4.71. The second kappa shape index (κ2) is 6.06. The lowest BCUT2D eigenvalue weighted by molar-refractivity contribution is 0.103. The summed E-state index contributed by atoms with van der Waals surface area (Å²) < 4.78 is 5.89. The Morgan fingerprint density at radius 2 is 1.95 bits per heavy atom.